The highest BCUT2D eigenvalue weighted by molar-refractivity contribution is 6.32. The maximum atomic E-state index is 13.3. The van der Waals surface area contributed by atoms with Gasteiger partial charge in [0, 0.05) is 66.5 Å². The summed E-state index contributed by atoms with van der Waals surface area (Å²) >= 11 is 6.53. The van der Waals surface area contributed by atoms with E-state index in [1.807, 2.05) is 31.2 Å². The summed E-state index contributed by atoms with van der Waals surface area (Å²) in [6.07, 6.45) is 10.5. The van der Waals surface area contributed by atoms with Crippen LogP contribution in [-0.2, 0) is 35.5 Å². The summed E-state index contributed by atoms with van der Waals surface area (Å²) in [5, 5.41) is 17.4. The van der Waals surface area contributed by atoms with Gasteiger partial charge in [-0.05, 0) is 124 Å². The molecule has 0 bridgehead atoms. The first-order chi connectivity index (χ1) is 28.7. The van der Waals surface area contributed by atoms with Crippen molar-refractivity contribution in [2.45, 2.75) is 103 Å². The Labute approximate surface area is 350 Å². The van der Waals surface area contributed by atoms with Crippen molar-refractivity contribution in [2.75, 3.05) is 19.6 Å². The molecule has 11 heteroatoms. The van der Waals surface area contributed by atoms with Crippen LogP contribution in [0.4, 0.5) is 0 Å². The number of ether oxygens (including phenoxy) is 1. The molecule has 1 unspecified atom stereocenters. The molecule has 59 heavy (non-hydrogen) atoms. The van der Waals surface area contributed by atoms with E-state index in [0.29, 0.717) is 53.2 Å². The summed E-state index contributed by atoms with van der Waals surface area (Å²) in [4.78, 5) is 41.4. The van der Waals surface area contributed by atoms with Gasteiger partial charge in [-0.3, -0.25) is 24.4 Å². The monoisotopic (exact) mass is 808 g/mol. The largest absolute Gasteiger partial charge is 0.490 e. The molecule has 5 aliphatic rings. The fraction of sp³-hybridized carbons (Fsp3) is 0.438. The van der Waals surface area contributed by atoms with Crippen LogP contribution in [0.2, 0.25) is 5.02 Å². The Morgan fingerprint density at radius 1 is 0.915 bits per heavy atom. The molecule has 3 amide bonds. The van der Waals surface area contributed by atoms with Crippen molar-refractivity contribution in [3.8, 4) is 34.9 Å². The lowest BCUT2D eigenvalue weighted by molar-refractivity contribution is -0.136. The second-order valence-electron chi connectivity index (χ2n) is 17.0. The van der Waals surface area contributed by atoms with Crippen molar-refractivity contribution in [3.05, 3.63) is 104 Å². The van der Waals surface area contributed by atoms with E-state index in [0.717, 1.165) is 92.5 Å². The highest BCUT2D eigenvalue weighted by Crippen LogP contribution is 2.37. The number of nitriles is 1. The van der Waals surface area contributed by atoms with Crippen molar-refractivity contribution in [1.29, 1.82) is 5.26 Å². The lowest BCUT2D eigenvalue weighted by Crippen LogP contribution is -2.52. The van der Waals surface area contributed by atoms with Crippen LogP contribution in [0, 0.1) is 41.9 Å². The summed E-state index contributed by atoms with van der Waals surface area (Å²) in [7, 11) is 0. The molecular formula is C48H49ClN6O4. The van der Waals surface area contributed by atoms with Crippen LogP contribution in [0.3, 0.4) is 0 Å². The van der Waals surface area contributed by atoms with Gasteiger partial charge in [0.15, 0.2) is 0 Å². The van der Waals surface area contributed by atoms with Crippen LogP contribution in [0.5, 0.6) is 5.75 Å². The summed E-state index contributed by atoms with van der Waals surface area (Å²) < 4.78 is 8.54. The van der Waals surface area contributed by atoms with E-state index < -0.39 is 11.9 Å². The molecule has 302 valence electrons. The Balaban J connectivity index is 0.722. The number of halogens is 1. The maximum absolute atomic E-state index is 13.3. The Bertz CT molecular complexity index is 2410. The van der Waals surface area contributed by atoms with Crippen LogP contribution in [0.25, 0.3) is 11.3 Å². The quantitative estimate of drug-likeness (QED) is 0.146. The summed E-state index contributed by atoms with van der Waals surface area (Å²) in [6, 6.07) is 19.7. The Kier molecular flexibility index (Phi) is 11.0. The topological polar surface area (TPSA) is 121 Å². The van der Waals surface area contributed by atoms with Gasteiger partial charge >= 0.3 is 0 Å². The number of benzene rings is 3. The van der Waals surface area contributed by atoms with Crippen molar-refractivity contribution >= 4 is 29.3 Å². The van der Waals surface area contributed by atoms with Gasteiger partial charge in [0.05, 0.1) is 22.8 Å². The average Bonchev–Trinajstić information content (AvgIpc) is 3.95. The predicted octanol–water partition coefficient (Wildman–Crippen LogP) is 7.38. The zero-order valence-corrected chi connectivity index (χ0v) is 34.3. The Morgan fingerprint density at radius 2 is 1.71 bits per heavy atom. The molecule has 3 aromatic carbocycles. The molecule has 0 radical (unpaired) electrons. The number of carbonyl (C=O) groups excluding carboxylic acids is 3. The van der Waals surface area contributed by atoms with Crippen LogP contribution < -0.4 is 10.1 Å². The van der Waals surface area contributed by atoms with Gasteiger partial charge < -0.3 is 14.5 Å². The second kappa shape index (κ2) is 16.7. The van der Waals surface area contributed by atoms with Crippen LogP contribution in [-0.4, -0.2) is 69.1 Å². The number of nitrogens with zero attached hydrogens (tertiary/aromatic N) is 5. The fourth-order valence-corrected chi connectivity index (χ4v) is 10.0. The third-order valence-corrected chi connectivity index (χ3v) is 13.7. The fourth-order valence-electron chi connectivity index (χ4n) is 9.80. The standard InChI is InChI=1S/C48H49ClN6O4/c1-30-39(18-16-35(26-50)45(30)49)46-40-3-2-4-42(40)55(52-46)28-34-13-9-32(10-14-34)6-5-31-7-11-33(12-8-31)27-53-23-21-37(22-24-53)59-38-17-15-36-29-54(48(58)41(36)25-38)43-19-20-44(56)51-47(43)57/h9-10,13-18,25,31,33,37,43H,2-4,7-8,11-12,19-24,27-29H2,1H3,(H,51,56,57)/t31-,33-,43?. The molecule has 1 aromatic heterocycles. The number of carbonyl (C=O) groups is 3. The molecule has 10 nitrogen and oxygen atoms in total. The first kappa shape index (κ1) is 39.1. The van der Waals surface area contributed by atoms with Gasteiger partial charge in [-0.15, -0.1) is 0 Å². The molecule has 2 aliphatic carbocycles. The van der Waals surface area contributed by atoms with Gasteiger partial charge in [0.1, 0.15) is 24.0 Å². The minimum absolute atomic E-state index is 0.107. The van der Waals surface area contributed by atoms with E-state index in [9.17, 15) is 19.6 Å². The van der Waals surface area contributed by atoms with Gasteiger partial charge in [-0.1, -0.05) is 47.7 Å². The van der Waals surface area contributed by atoms with Crippen molar-refractivity contribution in [1.82, 2.24) is 24.9 Å². The smallest absolute Gasteiger partial charge is 0.255 e. The number of likely N-dealkylation sites (tertiary alicyclic amines) is 1. The molecule has 0 spiro atoms. The van der Waals surface area contributed by atoms with Gasteiger partial charge in [0.25, 0.3) is 5.91 Å². The minimum atomic E-state index is -0.613. The highest BCUT2D eigenvalue weighted by Gasteiger charge is 2.39. The first-order valence-corrected chi connectivity index (χ1v) is 21.6. The van der Waals surface area contributed by atoms with Crippen molar-refractivity contribution < 1.29 is 19.1 Å². The molecule has 1 saturated carbocycles. The predicted molar refractivity (Wildman–Crippen MR) is 225 cm³/mol. The molecule has 2 saturated heterocycles. The minimum Gasteiger partial charge on any atom is -0.490 e. The zero-order chi connectivity index (χ0) is 40.6. The zero-order valence-electron chi connectivity index (χ0n) is 33.6. The Morgan fingerprint density at radius 3 is 2.47 bits per heavy atom. The van der Waals surface area contributed by atoms with Gasteiger partial charge in [0.2, 0.25) is 11.8 Å². The van der Waals surface area contributed by atoms with Crippen molar-refractivity contribution in [3.63, 3.8) is 0 Å². The van der Waals surface area contributed by atoms with E-state index in [1.54, 1.807) is 11.0 Å². The van der Waals surface area contributed by atoms with E-state index in [1.165, 1.54) is 29.7 Å². The number of imide groups is 1. The van der Waals surface area contributed by atoms with E-state index in [4.69, 9.17) is 21.4 Å². The molecule has 1 atom stereocenters. The SMILES string of the molecule is Cc1c(-c2nn(Cc3ccc(C#C[C@H]4CC[C@H](CN5CCC(Oc6ccc7c(c6)C(=O)N(C6CCC(=O)NC6=O)C7)CC5)CC4)cc3)c3c2CCC3)ccc(C#N)c1Cl. The number of rotatable bonds is 8. The van der Waals surface area contributed by atoms with E-state index >= 15 is 0 Å². The number of hydrogen-bond acceptors (Lipinski definition) is 7. The average molecular weight is 809 g/mol. The molecule has 3 aliphatic heterocycles. The van der Waals surface area contributed by atoms with Gasteiger partial charge in [-0.2, -0.15) is 10.4 Å². The first-order valence-electron chi connectivity index (χ1n) is 21.3. The molecular weight excluding hydrogens is 760 g/mol. The second-order valence-corrected chi connectivity index (χ2v) is 17.4. The summed E-state index contributed by atoms with van der Waals surface area (Å²) in [5.74, 6) is 8.04. The number of amides is 3. The lowest BCUT2D eigenvalue weighted by Gasteiger charge is -2.36. The molecule has 3 fully saturated rings. The molecule has 9 rings (SSSR count). The normalized spacial score (nSPS) is 22.0. The highest BCUT2D eigenvalue weighted by atomic mass is 35.5. The van der Waals surface area contributed by atoms with Crippen LogP contribution in [0.1, 0.15) is 107 Å². The molecule has 1 N–H and O–H groups in total. The number of aromatic nitrogens is 2. The van der Waals surface area contributed by atoms with Crippen LogP contribution in [0.15, 0.2) is 54.6 Å². The van der Waals surface area contributed by atoms with Crippen LogP contribution >= 0.6 is 11.6 Å². The molecule has 4 heterocycles. The number of nitrogens with one attached hydrogen (secondary N) is 1. The lowest BCUT2D eigenvalue weighted by atomic mass is 9.81. The number of piperidine rings is 2. The number of hydrogen-bond donors (Lipinski definition) is 1. The molecule has 4 aromatic rings. The van der Waals surface area contributed by atoms with Crippen molar-refractivity contribution in [2.24, 2.45) is 11.8 Å². The van der Waals surface area contributed by atoms with E-state index in [2.05, 4.69) is 57.1 Å². The summed E-state index contributed by atoms with van der Waals surface area (Å²) in [6.45, 7) is 6.18. The number of fused-ring (bicyclic) bond motifs is 2. The third kappa shape index (κ3) is 8.14. The summed E-state index contributed by atoms with van der Waals surface area (Å²) in [5.41, 5.74) is 9.73. The third-order valence-electron chi connectivity index (χ3n) is 13.2. The van der Waals surface area contributed by atoms with E-state index in [-0.39, 0.29) is 24.3 Å². The Hall–Kier alpha value is -5.42. The maximum Gasteiger partial charge on any atom is 0.255 e. The van der Waals surface area contributed by atoms with Gasteiger partial charge in [-0.25, -0.2) is 0 Å².